The number of hydrogen-bond acceptors (Lipinski definition) is 6. The van der Waals surface area contributed by atoms with Crippen molar-refractivity contribution in [3.05, 3.63) is 48.0 Å². The second-order valence-corrected chi connectivity index (χ2v) is 11.1. The second kappa shape index (κ2) is 9.73. The van der Waals surface area contributed by atoms with Crippen LogP contribution in [0.5, 0.6) is 0 Å². The number of amides is 1. The maximum atomic E-state index is 13.5. The van der Waals surface area contributed by atoms with E-state index in [2.05, 4.69) is 32.2 Å². The lowest BCUT2D eigenvalue weighted by Crippen LogP contribution is -2.37. The van der Waals surface area contributed by atoms with E-state index >= 15 is 0 Å². The molecule has 0 bridgehead atoms. The van der Waals surface area contributed by atoms with Gasteiger partial charge in [0.05, 0.1) is 22.9 Å². The van der Waals surface area contributed by atoms with Crippen molar-refractivity contribution in [2.75, 3.05) is 24.3 Å². The van der Waals surface area contributed by atoms with E-state index in [1.807, 2.05) is 35.2 Å². The Morgan fingerprint density at radius 1 is 1.23 bits per heavy atom. The molecule has 0 saturated carbocycles. The normalized spacial score (nSPS) is 16.5. The van der Waals surface area contributed by atoms with Gasteiger partial charge in [-0.05, 0) is 61.6 Å². The van der Waals surface area contributed by atoms with Crippen LogP contribution >= 0.6 is 34.9 Å². The molecule has 30 heavy (non-hydrogen) atoms. The van der Waals surface area contributed by atoms with Crippen molar-refractivity contribution in [1.29, 1.82) is 0 Å². The smallest absolute Gasteiger partial charge is 0.260 e. The average molecular weight is 459 g/mol. The van der Waals surface area contributed by atoms with Gasteiger partial charge >= 0.3 is 0 Å². The van der Waals surface area contributed by atoms with Crippen molar-refractivity contribution in [1.82, 2.24) is 4.98 Å². The summed E-state index contributed by atoms with van der Waals surface area (Å²) < 4.78 is 6.94. The van der Waals surface area contributed by atoms with Gasteiger partial charge < -0.3 is 4.74 Å². The summed E-state index contributed by atoms with van der Waals surface area (Å²) in [6, 6.07) is 14.2. The molecule has 0 N–H and O–H groups in total. The predicted octanol–water partition coefficient (Wildman–Crippen LogP) is 6.34. The molecular weight excluding hydrogens is 432 g/mol. The summed E-state index contributed by atoms with van der Waals surface area (Å²) in [4.78, 5) is 22.5. The highest BCUT2D eigenvalue weighted by Crippen LogP contribution is 2.33. The molecule has 1 amide bonds. The van der Waals surface area contributed by atoms with Crippen LogP contribution in [0, 0.1) is 0 Å². The lowest BCUT2D eigenvalue weighted by atomic mass is 10.2. The number of rotatable bonds is 7. The zero-order chi connectivity index (χ0) is 21.1. The summed E-state index contributed by atoms with van der Waals surface area (Å²) in [6.45, 7) is 5.65. The third-order valence-electron chi connectivity index (χ3n) is 4.94. The Morgan fingerprint density at radius 3 is 2.67 bits per heavy atom. The fourth-order valence-electron chi connectivity index (χ4n) is 3.48. The molecule has 1 atom stereocenters. The Bertz CT molecular complexity index is 1010. The van der Waals surface area contributed by atoms with Crippen molar-refractivity contribution >= 4 is 56.1 Å². The van der Waals surface area contributed by atoms with Gasteiger partial charge in [-0.25, -0.2) is 4.98 Å². The van der Waals surface area contributed by atoms with Crippen molar-refractivity contribution in [2.45, 2.75) is 47.8 Å². The minimum absolute atomic E-state index is 0.0178. The van der Waals surface area contributed by atoms with Crippen LogP contribution < -0.4 is 4.90 Å². The van der Waals surface area contributed by atoms with E-state index in [4.69, 9.17) is 9.72 Å². The highest BCUT2D eigenvalue weighted by Gasteiger charge is 2.27. The van der Waals surface area contributed by atoms with Gasteiger partial charge in [0.2, 0.25) is 0 Å². The maximum absolute atomic E-state index is 13.5. The number of carbonyl (C=O) groups is 1. The van der Waals surface area contributed by atoms with E-state index in [9.17, 15) is 4.79 Å². The number of thioether (sulfide) groups is 2. The minimum atomic E-state index is -0.0178. The lowest BCUT2D eigenvalue weighted by Gasteiger charge is -2.23. The molecule has 4 nitrogen and oxygen atoms in total. The number of nitrogens with zero attached hydrogens (tertiary/aromatic N) is 2. The SMILES string of the molecule is CSc1ccc2nc(N(CC3CCCO3)C(=O)c3ccc(SC(C)C)cc3)sc2c1. The third kappa shape index (κ3) is 5.02. The van der Waals surface area contributed by atoms with Gasteiger partial charge in [0.1, 0.15) is 0 Å². The number of aromatic nitrogens is 1. The van der Waals surface area contributed by atoms with Crippen LogP contribution in [0.3, 0.4) is 0 Å². The van der Waals surface area contributed by atoms with Crippen LogP contribution in [-0.2, 0) is 4.74 Å². The maximum Gasteiger partial charge on any atom is 0.260 e. The summed E-state index contributed by atoms with van der Waals surface area (Å²) >= 11 is 5.09. The van der Waals surface area contributed by atoms with Gasteiger partial charge in [0.25, 0.3) is 5.91 Å². The molecule has 0 aliphatic carbocycles. The molecule has 2 heterocycles. The fourth-order valence-corrected chi connectivity index (χ4v) is 5.84. The Balaban J connectivity index is 1.64. The van der Waals surface area contributed by atoms with E-state index in [0.29, 0.717) is 17.4 Å². The Kier molecular flexibility index (Phi) is 7.03. The zero-order valence-electron chi connectivity index (χ0n) is 17.5. The molecule has 1 saturated heterocycles. The minimum Gasteiger partial charge on any atom is -0.376 e. The number of carbonyl (C=O) groups excluding carboxylic acids is 1. The summed E-state index contributed by atoms with van der Waals surface area (Å²) in [5.41, 5.74) is 1.62. The first-order valence-electron chi connectivity index (χ1n) is 10.2. The lowest BCUT2D eigenvalue weighted by molar-refractivity contribution is 0.0917. The molecule has 3 aromatic rings. The molecule has 0 spiro atoms. The topological polar surface area (TPSA) is 42.4 Å². The number of ether oxygens (including phenoxy) is 1. The molecule has 1 aromatic heterocycles. The molecule has 1 fully saturated rings. The summed E-state index contributed by atoms with van der Waals surface area (Å²) in [5.74, 6) is -0.0178. The number of benzene rings is 2. The van der Waals surface area contributed by atoms with Crippen LogP contribution in [0.25, 0.3) is 10.2 Å². The van der Waals surface area contributed by atoms with E-state index in [1.54, 1.807) is 34.9 Å². The number of hydrogen-bond donors (Lipinski definition) is 0. The van der Waals surface area contributed by atoms with E-state index in [1.165, 1.54) is 9.79 Å². The monoisotopic (exact) mass is 458 g/mol. The van der Waals surface area contributed by atoms with Gasteiger partial charge in [-0.1, -0.05) is 25.2 Å². The largest absolute Gasteiger partial charge is 0.376 e. The van der Waals surface area contributed by atoms with Crippen LogP contribution in [0.15, 0.2) is 52.3 Å². The van der Waals surface area contributed by atoms with Crippen LogP contribution in [0.2, 0.25) is 0 Å². The van der Waals surface area contributed by atoms with Crippen molar-refractivity contribution in [2.24, 2.45) is 0 Å². The number of thiazole rings is 1. The summed E-state index contributed by atoms with van der Waals surface area (Å²) in [6.07, 6.45) is 4.16. The van der Waals surface area contributed by atoms with Crippen molar-refractivity contribution in [3.8, 4) is 0 Å². The summed E-state index contributed by atoms with van der Waals surface area (Å²) in [7, 11) is 0. The Morgan fingerprint density at radius 2 is 2.00 bits per heavy atom. The molecular formula is C23H26N2O2S3. The Hall–Kier alpha value is -1.54. The molecule has 158 valence electrons. The molecule has 7 heteroatoms. The van der Waals surface area contributed by atoms with E-state index in [-0.39, 0.29) is 12.0 Å². The van der Waals surface area contributed by atoms with E-state index < -0.39 is 0 Å². The van der Waals surface area contributed by atoms with Crippen LogP contribution in [0.1, 0.15) is 37.0 Å². The molecule has 0 radical (unpaired) electrons. The van der Waals surface area contributed by atoms with E-state index in [0.717, 1.165) is 34.8 Å². The standard InChI is InChI=1S/C23H26N2O2S3/c1-15(2)29-18-8-6-16(7-9-18)22(26)25(14-17-5-4-12-27-17)23-24-20-11-10-19(28-3)13-21(20)30-23/h6-11,13,15,17H,4-5,12,14H2,1-3H3. The molecule has 1 aliphatic heterocycles. The van der Waals surface area contributed by atoms with Gasteiger partial charge in [0.15, 0.2) is 5.13 Å². The first-order chi connectivity index (χ1) is 14.5. The first-order valence-corrected chi connectivity index (χ1v) is 13.1. The van der Waals surface area contributed by atoms with Gasteiger partial charge in [0, 0.05) is 27.2 Å². The fraction of sp³-hybridized carbons (Fsp3) is 0.391. The van der Waals surface area contributed by atoms with Crippen LogP contribution in [-0.4, -0.2) is 41.7 Å². The third-order valence-corrected chi connectivity index (χ3v) is 7.73. The summed E-state index contributed by atoms with van der Waals surface area (Å²) in [5, 5.41) is 1.25. The average Bonchev–Trinajstić information content (AvgIpc) is 3.40. The molecule has 1 aliphatic rings. The molecule has 4 rings (SSSR count). The van der Waals surface area contributed by atoms with Crippen LogP contribution in [0.4, 0.5) is 5.13 Å². The van der Waals surface area contributed by atoms with Gasteiger partial charge in [-0.2, -0.15) is 0 Å². The van der Waals surface area contributed by atoms with Gasteiger partial charge in [-0.15, -0.1) is 23.5 Å². The molecule has 1 unspecified atom stereocenters. The van der Waals surface area contributed by atoms with Crippen molar-refractivity contribution < 1.29 is 9.53 Å². The highest BCUT2D eigenvalue weighted by molar-refractivity contribution is 8.00. The highest BCUT2D eigenvalue weighted by atomic mass is 32.2. The predicted molar refractivity (Wildman–Crippen MR) is 129 cm³/mol. The number of fused-ring (bicyclic) bond motifs is 1. The van der Waals surface area contributed by atoms with Crippen molar-refractivity contribution in [3.63, 3.8) is 0 Å². The van der Waals surface area contributed by atoms with Gasteiger partial charge in [-0.3, -0.25) is 9.69 Å². The second-order valence-electron chi connectivity index (χ2n) is 7.57. The number of anilines is 1. The zero-order valence-corrected chi connectivity index (χ0v) is 19.9. The first kappa shape index (κ1) is 21.7. The quantitative estimate of drug-likeness (QED) is 0.386. The Labute approximate surface area is 190 Å². The molecule has 2 aromatic carbocycles.